The van der Waals surface area contributed by atoms with E-state index in [0.717, 1.165) is 39.1 Å². The van der Waals surface area contributed by atoms with Crippen molar-refractivity contribution in [1.29, 1.82) is 0 Å². The summed E-state index contributed by atoms with van der Waals surface area (Å²) in [6.07, 6.45) is 7.88. The van der Waals surface area contributed by atoms with Crippen molar-refractivity contribution >= 4 is 17.8 Å². The van der Waals surface area contributed by atoms with Gasteiger partial charge in [-0.05, 0) is 18.1 Å². The standard InChI is InChI=1S/C13H18ClN3O/c14-11-9-10-1-3-15-4-2-12(10)16-13(11)17-5-7-18-8-6-17/h2-4,11,13,16H,1,5-9H2. The molecule has 2 atom stereocenters. The molecule has 18 heavy (non-hydrogen) atoms. The van der Waals surface area contributed by atoms with E-state index >= 15 is 0 Å². The summed E-state index contributed by atoms with van der Waals surface area (Å²) in [6, 6.07) is 0. The SMILES string of the molecule is ClC1CC2=C(C=CN=CC2)NC1N1CCOCC1. The van der Waals surface area contributed by atoms with Crippen LogP contribution in [-0.4, -0.2) is 49.0 Å². The highest BCUT2D eigenvalue weighted by Gasteiger charge is 2.32. The highest BCUT2D eigenvalue weighted by molar-refractivity contribution is 6.21. The van der Waals surface area contributed by atoms with Gasteiger partial charge in [0, 0.05) is 37.6 Å². The number of halogens is 1. The first kappa shape index (κ1) is 12.2. The quantitative estimate of drug-likeness (QED) is 0.732. The van der Waals surface area contributed by atoms with Crippen LogP contribution >= 0.6 is 11.6 Å². The third-order valence-corrected chi connectivity index (χ3v) is 4.07. The molecule has 0 spiro atoms. The molecule has 0 aromatic heterocycles. The van der Waals surface area contributed by atoms with E-state index < -0.39 is 0 Å². The molecule has 2 unspecified atom stereocenters. The largest absolute Gasteiger partial charge is 0.379 e. The Morgan fingerprint density at radius 3 is 3.06 bits per heavy atom. The van der Waals surface area contributed by atoms with Crippen LogP contribution in [0.15, 0.2) is 28.5 Å². The van der Waals surface area contributed by atoms with E-state index in [-0.39, 0.29) is 11.5 Å². The fourth-order valence-corrected chi connectivity index (χ4v) is 3.09. The average Bonchev–Trinajstić information content (AvgIpc) is 2.63. The molecule has 1 fully saturated rings. The first-order valence-corrected chi connectivity index (χ1v) is 6.91. The molecule has 98 valence electrons. The van der Waals surface area contributed by atoms with E-state index in [1.165, 1.54) is 11.3 Å². The van der Waals surface area contributed by atoms with Crippen molar-refractivity contribution in [3.8, 4) is 0 Å². The molecule has 3 aliphatic rings. The highest BCUT2D eigenvalue weighted by Crippen LogP contribution is 2.28. The summed E-state index contributed by atoms with van der Waals surface area (Å²) in [4.78, 5) is 6.57. The van der Waals surface area contributed by atoms with Crippen LogP contribution < -0.4 is 5.32 Å². The monoisotopic (exact) mass is 267 g/mol. The van der Waals surface area contributed by atoms with E-state index in [0.29, 0.717) is 0 Å². The van der Waals surface area contributed by atoms with E-state index in [1.807, 2.05) is 12.4 Å². The van der Waals surface area contributed by atoms with Gasteiger partial charge in [-0.15, -0.1) is 11.6 Å². The minimum atomic E-state index is 0.113. The number of rotatable bonds is 1. The highest BCUT2D eigenvalue weighted by atomic mass is 35.5. The number of hydrogen-bond donors (Lipinski definition) is 1. The Morgan fingerprint density at radius 2 is 2.22 bits per heavy atom. The Morgan fingerprint density at radius 1 is 1.39 bits per heavy atom. The third-order valence-electron chi connectivity index (χ3n) is 3.68. The van der Waals surface area contributed by atoms with Crippen LogP contribution in [0.25, 0.3) is 0 Å². The maximum Gasteiger partial charge on any atom is 0.0965 e. The normalized spacial score (nSPS) is 32.9. The summed E-state index contributed by atoms with van der Waals surface area (Å²) in [5, 5.41) is 3.68. The lowest BCUT2D eigenvalue weighted by molar-refractivity contribution is 0.00907. The van der Waals surface area contributed by atoms with Crippen LogP contribution in [0.5, 0.6) is 0 Å². The van der Waals surface area contributed by atoms with Gasteiger partial charge in [0.15, 0.2) is 0 Å². The van der Waals surface area contributed by atoms with E-state index in [1.54, 1.807) is 0 Å². The molecule has 3 rings (SSSR count). The van der Waals surface area contributed by atoms with Crippen molar-refractivity contribution in [1.82, 2.24) is 10.2 Å². The maximum atomic E-state index is 6.54. The number of nitrogens with zero attached hydrogens (tertiary/aromatic N) is 2. The summed E-state index contributed by atoms with van der Waals surface area (Å²) in [5.41, 5.74) is 2.55. The average molecular weight is 268 g/mol. The van der Waals surface area contributed by atoms with Gasteiger partial charge >= 0.3 is 0 Å². The maximum absolute atomic E-state index is 6.54. The molecule has 0 bridgehead atoms. The van der Waals surface area contributed by atoms with Gasteiger partial charge in [-0.25, -0.2) is 0 Å². The number of alkyl halides is 1. The second kappa shape index (κ2) is 5.43. The van der Waals surface area contributed by atoms with Gasteiger partial charge in [-0.1, -0.05) is 0 Å². The molecule has 1 saturated heterocycles. The molecule has 4 nitrogen and oxygen atoms in total. The number of ether oxygens (including phenoxy) is 1. The first-order valence-electron chi connectivity index (χ1n) is 6.47. The van der Waals surface area contributed by atoms with Crippen molar-refractivity contribution in [2.75, 3.05) is 26.3 Å². The van der Waals surface area contributed by atoms with Crippen LogP contribution in [0.3, 0.4) is 0 Å². The van der Waals surface area contributed by atoms with Gasteiger partial charge in [0.25, 0.3) is 0 Å². The summed E-state index contributed by atoms with van der Waals surface area (Å²) >= 11 is 6.54. The summed E-state index contributed by atoms with van der Waals surface area (Å²) in [5.74, 6) is 0. The topological polar surface area (TPSA) is 36.9 Å². The molecule has 0 saturated carbocycles. The van der Waals surface area contributed by atoms with Crippen molar-refractivity contribution < 1.29 is 4.74 Å². The minimum Gasteiger partial charge on any atom is -0.379 e. The van der Waals surface area contributed by atoms with Crippen molar-refractivity contribution in [2.45, 2.75) is 24.4 Å². The Balaban J connectivity index is 1.76. The summed E-state index contributed by atoms with van der Waals surface area (Å²) in [6.45, 7) is 3.49. The summed E-state index contributed by atoms with van der Waals surface area (Å²) in [7, 11) is 0. The molecule has 0 amide bonds. The Kier molecular flexibility index (Phi) is 3.68. The van der Waals surface area contributed by atoms with Crippen molar-refractivity contribution in [2.24, 2.45) is 4.99 Å². The van der Waals surface area contributed by atoms with Crippen LogP contribution in [0.2, 0.25) is 0 Å². The van der Waals surface area contributed by atoms with Crippen LogP contribution in [0.1, 0.15) is 12.8 Å². The second-order valence-electron chi connectivity index (χ2n) is 4.83. The number of aliphatic imine (C=N–C) groups is 1. The van der Waals surface area contributed by atoms with E-state index in [4.69, 9.17) is 16.3 Å². The van der Waals surface area contributed by atoms with Crippen molar-refractivity contribution in [3.63, 3.8) is 0 Å². The lowest BCUT2D eigenvalue weighted by atomic mass is 9.98. The molecular weight excluding hydrogens is 250 g/mol. The van der Waals surface area contributed by atoms with Gasteiger partial charge in [0.05, 0.1) is 24.8 Å². The Hall–Kier alpha value is -0.840. The van der Waals surface area contributed by atoms with E-state index in [9.17, 15) is 0 Å². The minimum absolute atomic E-state index is 0.113. The number of nitrogens with one attached hydrogen (secondary N) is 1. The second-order valence-corrected chi connectivity index (χ2v) is 5.39. The first-order chi connectivity index (χ1) is 8.84. The van der Waals surface area contributed by atoms with Crippen LogP contribution in [0, 0.1) is 0 Å². The van der Waals surface area contributed by atoms with Crippen molar-refractivity contribution in [3.05, 3.63) is 23.5 Å². The third kappa shape index (κ3) is 2.46. The van der Waals surface area contributed by atoms with Crippen LogP contribution in [-0.2, 0) is 4.74 Å². The predicted octanol–water partition coefficient (Wildman–Crippen LogP) is 1.49. The smallest absolute Gasteiger partial charge is 0.0965 e. The van der Waals surface area contributed by atoms with Gasteiger partial charge in [0.1, 0.15) is 0 Å². The molecule has 5 heteroatoms. The fraction of sp³-hybridized carbons (Fsp3) is 0.615. The number of hydrogen-bond acceptors (Lipinski definition) is 4. The van der Waals surface area contributed by atoms with Crippen LogP contribution in [0.4, 0.5) is 0 Å². The molecule has 0 aromatic rings. The molecule has 1 N–H and O–H groups in total. The van der Waals surface area contributed by atoms with E-state index in [2.05, 4.69) is 21.3 Å². The zero-order valence-electron chi connectivity index (χ0n) is 10.3. The number of allylic oxidation sites excluding steroid dienone is 2. The lowest BCUT2D eigenvalue weighted by Crippen LogP contribution is -2.56. The molecule has 3 heterocycles. The molecule has 3 aliphatic heterocycles. The van der Waals surface area contributed by atoms with Gasteiger partial charge in [0.2, 0.25) is 0 Å². The Bertz CT molecular complexity index is 399. The number of morpholine rings is 1. The fourth-order valence-electron chi connectivity index (χ4n) is 2.69. The summed E-state index contributed by atoms with van der Waals surface area (Å²) < 4.78 is 5.39. The van der Waals surface area contributed by atoms with Gasteiger partial charge < -0.3 is 10.1 Å². The molecular formula is C13H18ClN3O. The Labute approximate surface area is 112 Å². The van der Waals surface area contributed by atoms with Gasteiger partial charge in [-0.3, -0.25) is 9.89 Å². The predicted molar refractivity (Wildman–Crippen MR) is 72.8 cm³/mol. The van der Waals surface area contributed by atoms with Gasteiger partial charge in [-0.2, -0.15) is 0 Å². The molecule has 0 radical (unpaired) electrons. The lowest BCUT2D eigenvalue weighted by Gasteiger charge is -2.41. The zero-order valence-corrected chi connectivity index (χ0v) is 11.1. The zero-order chi connectivity index (χ0) is 12.4. The molecule has 0 aliphatic carbocycles. The molecule has 0 aromatic carbocycles.